The highest BCUT2D eigenvalue weighted by molar-refractivity contribution is 9.11. The largest absolute Gasteiger partial charge is 0.444 e. The predicted octanol–water partition coefficient (Wildman–Crippen LogP) is 4.85. The van der Waals surface area contributed by atoms with Crippen LogP contribution in [0.4, 0.5) is 4.79 Å². The average Bonchev–Trinajstić information content (AvgIpc) is 3.03. The van der Waals surface area contributed by atoms with Crippen molar-refractivity contribution >= 4 is 33.4 Å². The van der Waals surface area contributed by atoms with Crippen molar-refractivity contribution in [1.29, 1.82) is 0 Å². The van der Waals surface area contributed by atoms with Crippen LogP contribution >= 0.6 is 27.3 Å². The van der Waals surface area contributed by atoms with Crippen LogP contribution < -0.4 is 10.6 Å². The van der Waals surface area contributed by atoms with Crippen LogP contribution in [0.5, 0.6) is 0 Å². The molecule has 1 aliphatic carbocycles. The minimum absolute atomic E-state index is 0.321. The van der Waals surface area contributed by atoms with Crippen LogP contribution in [0.25, 0.3) is 0 Å². The number of rotatable bonds is 5. The third-order valence-electron chi connectivity index (χ3n) is 4.05. The smallest absolute Gasteiger partial charge is 0.407 e. The number of amides is 1. The molecule has 1 heterocycles. The summed E-state index contributed by atoms with van der Waals surface area (Å²) < 4.78 is 6.47. The lowest BCUT2D eigenvalue weighted by Gasteiger charge is -2.26. The predicted molar refractivity (Wildman–Crippen MR) is 98.9 cm³/mol. The first-order chi connectivity index (χ1) is 10.7. The highest BCUT2D eigenvalue weighted by Crippen LogP contribution is 2.31. The van der Waals surface area contributed by atoms with Crippen molar-refractivity contribution < 1.29 is 9.53 Å². The van der Waals surface area contributed by atoms with Crippen molar-refractivity contribution in [3.63, 3.8) is 0 Å². The van der Waals surface area contributed by atoms with Crippen LogP contribution in [0.2, 0.25) is 0 Å². The molecule has 1 aromatic heterocycles. The van der Waals surface area contributed by atoms with Crippen LogP contribution in [0.15, 0.2) is 15.9 Å². The lowest BCUT2D eigenvalue weighted by Crippen LogP contribution is -2.41. The number of hydrogen-bond donors (Lipinski definition) is 2. The summed E-state index contributed by atoms with van der Waals surface area (Å²) in [6, 6.07) is 5.03. The van der Waals surface area contributed by atoms with Gasteiger partial charge in [0, 0.05) is 23.5 Å². The summed E-state index contributed by atoms with van der Waals surface area (Å²) in [5.41, 5.74) is -0.446. The zero-order valence-electron chi connectivity index (χ0n) is 14.3. The lowest BCUT2D eigenvalue weighted by atomic mass is 10.0. The van der Waals surface area contributed by atoms with Crippen molar-refractivity contribution in [3.05, 3.63) is 20.8 Å². The van der Waals surface area contributed by atoms with E-state index in [9.17, 15) is 4.79 Å². The molecule has 3 atom stereocenters. The summed E-state index contributed by atoms with van der Waals surface area (Å²) in [7, 11) is 0. The molecule has 1 fully saturated rings. The zero-order valence-corrected chi connectivity index (χ0v) is 16.7. The molecular formula is C17H27BrN2O2S. The molecule has 4 nitrogen and oxygen atoms in total. The van der Waals surface area contributed by atoms with E-state index < -0.39 is 5.60 Å². The molecule has 2 N–H and O–H groups in total. The van der Waals surface area contributed by atoms with E-state index in [1.807, 2.05) is 20.8 Å². The summed E-state index contributed by atoms with van der Waals surface area (Å²) in [6.07, 6.45) is 3.20. The quantitative estimate of drug-likeness (QED) is 0.739. The summed E-state index contributed by atoms with van der Waals surface area (Å²) in [5, 5.41) is 6.65. The van der Waals surface area contributed by atoms with Gasteiger partial charge in [0.25, 0.3) is 0 Å². The molecule has 130 valence electrons. The maximum atomic E-state index is 11.8. The molecule has 0 spiro atoms. The van der Waals surface area contributed by atoms with Gasteiger partial charge in [0.1, 0.15) is 5.60 Å². The van der Waals surface area contributed by atoms with Gasteiger partial charge in [-0.2, -0.15) is 0 Å². The number of nitrogens with one attached hydrogen (secondary N) is 2. The molecule has 1 aliphatic rings. The highest BCUT2D eigenvalue weighted by Gasteiger charge is 2.29. The van der Waals surface area contributed by atoms with Gasteiger partial charge in [-0.1, -0.05) is 6.42 Å². The van der Waals surface area contributed by atoms with Gasteiger partial charge in [-0.05, 0) is 74.5 Å². The first kappa shape index (κ1) is 18.7. The van der Waals surface area contributed by atoms with Gasteiger partial charge in [-0.3, -0.25) is 0 Å². The van der Waals surface area contributed by atoms with Gasteiger partial charge >= 0.3 is 6.09 Å². The Bertz CT molecular complexity index is 527. The third-order valence-corrected chi connectivity index (χ3v) is 5.86. The summed E-state index contributed by atoms with van der Waals surface area (Å²) >= 11 is 5.29. The first-order valence-electron chi connectivity index (χ1n) is 8.23. The van der Waals surface area contributed by atoms with Gasteiger partial charge in [0.05, 0.1) is 3.79 Å². The molecule has 23 heavy (non-hydrogen) atoms. The van der Waals surface area contributed by atoms with E-state index in [1.165, 1.54) is 11.3 Å². The number of hydrogen-bond acceptors (Lipinski definition) is 4. The Labute approximate surface area is 151 Å². The van der Waals surface area contributed by atoms with Gasteiger partial charge in [0.2, 0.25) is 0 Å². The molecular weight excluding hydrogens is 376 g/mol. The molecule has 0 aromatic carbocycles. The van der Waals surface area contributed by atoms with Crippen molar-refractivity contribution in [2.24, 2.45) is 5.92 Å². The molecule has 0 radical (unpaired) electrons. The Morgan fingerprint density at radius 2 is 2.17 bits per heavy atom. The van der Waals surface area contributed by atoms with E-state index in [4.69, 9.17) is 4.74 Å². The van der Waals surface area contributed by atoms with Crippen LogP contribution in [0.3, 0.4) is 0 Å². The minimum Gasteiger partial charge on any atom is -0.444 e. The molecule has 1 amide bonds. The van der Waals surface area contributed by atoms with E-state index in [2.05, 4.69) is 45.6 Å². The fourth-order valence-electron chi connectivity index (χ4n) is 2.99. The number of thiophene rings is 1. The fraction of sp³-hybridized carbons (Fsp3) is 0.706. The molecule has 1 aromatic rings. The van der Waals surface area contributed by atoms with Crippen molar-refractivity contribution in [1.82, 2.24) is 10.6 Å². The Morgan fingerprint density at radius 1 is 1.43 bits per heavy atom. The van der Waals surface area contributed by atoms with Gasteiger partial charge < -0.3 is 15.4 Å². The monoisotopic (exact) mass is 402 g/mol. The Balaban J connectivity index is 1.82. The zero-order chi connectivity index (χ0) is 17.0. The highest BCUT2D eigenvalue weighted by atomic mass is 79.9. The molecule has 3 unspecified atom stereocenters. The van der Waals surface area contributed by atoms with Crippen LogP contribution in [-0.2, 0) is 4.74 Å². The summed E-state index contributed by atoms with van der Waals surface area (Å²) in [5.74, 6) is 0.466. The van der Waals surface area contributed by atoms with E-state index >= 15 is 0 Å². The van der Waals surface area contributed by atoms with Crippen LogP contribution in [0.1, 0.15) is 57.9 Å². The van der Waals surface area contributed by atoms with E-state index in [0.29, 0.717) is 24.5 Å². The second-order valence-corrected chi connectivity index (χ2v) is 9.71. The Morgan fingerprint density at radius 3 is 2.78 bits per heavy atom. The molecule has 0 aliphatic heterocycles. The topological polar surface area (TPSA) is 50.4 Å². The molecule has 6 heteroatoms. The second kappa shape index (κ2) is 7.99. The van der Waals surface area contributed by atoms with Crippen molar-refractivity contribution in [2.45, 2.75) is 64.6 Å². The van der Waals surface area contributed by atoms with Gasteiger partial charge in [-0.25, -0.2) is 4.79 Å². The van der Waals surface area contributed by atoms with E-state index in [1.54, 1.807) is 11.3 Å². The average molecular weight is 403 g/mol. The fourth-order valence-corrected chi connectivity index (χ4v) is 4.43. The van der Waals surface area contributed by atoms with E-state index in [-0.39, 0.29) is 6.09 Å². The Kier molecular flexibility index (Phi) is 6.51. The number of halogens is 1. The standard InChI is InChI=1S/C17H27BrN2O2S/c1-11(14-8-9-15(18)23-14)20-13-7-5-6-12(13)10-19-16(21)22-17(2,3)4/h8-9,11-13,20H,5-7,10H2,1-4H3,(H,19,21). The van der Waals surface area contributed by atoms with Crippen molar-refractivity contribution in [3.8, 4) is 0 Å². The molecule has 1 saturated carbocycles. The number of ether oxygens (including phenoxy) is 1. The Hall–Kier alpha value is -0.590. The first-order valence-corrected chi connectivity index (χ1v) is 9.83. The number of carbonyl (C=O) groups is 1. The van der Waals surface area contributed by atoms with Crippen LogP contribution in [0, 0.1) is 5.92 Å². The second-order valence-electron chi connectivity index (χ2n) is 7.21. The van der Waals surface area contributed by atoms with Gasteiger partial charge in [0.15, 0.2) is 0 Å². The molecule has 0 saturated heterocycles. The number of carbonyl (C=O) groups excluding carboxylic acids is 1. The third kappa shape index (κ3) is 6.08. The van der Waals surface area contributed by atoms with Gasteiger partial charge in [-0.15, -0.1) is 11.3 Å². The maximum Gasteiger partial charge on any atom is 0.407 e. The minimum atomic E-state index is -0.446. The summed E-state index contributed by atoms with van der Waals surface area (Å²) in [6.45, 7) is 8.52. The summed E-state index contributed by atoms with van der Waals surface area (Å²) in [4.78, 5) is 13.1. The van der Waals surface area contributed by atoms with Crippen LogP contribution in [-0.4, -0.2) is 24.3 Å². The lowest BCUT2D eigenvalue weighted by molar-refractivity contribution is 0.0517. The number of alkyl carbamates (subject to hydrolysis) is 1. The van der Waals surface area contributed by atoms with Crippen molar-refractivity contribution in [2.75, 3.05) is 6.54 Å². The maximum absolute atomic E-state index is 11.8. The normalized spacial score (nSPS) is 22.8. The van der Waals surface area contributed by atoms with E-state index in [0.717, 1.165) is 16.6 Å². The molecule has 2 rings (SSSR count). The SMILES string of the molecule is CC(NC1CCCC1CNC(=O)OC(C)(C)C)c1ccc(Br)s1. The molecule has 0 bridgehead atoms.